The monoisotopic (exact) mass is 307 g/mol. The number of aromatic nitrogens is 1. The molecule has 1 saturated heterocycles. The van der Waals surface area contributed by atoms with E-state index in [1.807, 2.05) is 0 Å². The van der Waals surface area contributed by atoms with Gasteiger partial charge in [0.15, 0.2) is 0 Å². The van der Waals surface area contributed by atoms with E-state index in [9.17, 15) is 14.4 Å². The Morgan fingerprint density at radius 3 is 2.55 bits per heavy atom. The summed E-state index contributed by atoms with van der Waals surface area (Å²) in [5.41, 5.74) is -0.0847. The van der Waals surface area contributed by atoms with Crippen LogP contribution in [-0.2, 0) is 9.53 Å². The first-order chi connectivity index (χ1) is 10.4. The van der Waals surface area contributed by atoms with Crippen molar-refractivity contribution in [1.29, 1.82) is 0 Å². The van der Waals surface area contributed by atoms with Crippen molar-refractivity contribution >= 4 is 17.8 Å². The third-order valence-electron chi connectivity index (χ3n) is 3.26. The molecule has 1 aliphatic rings. The van der Waals surface area contributed by atoms with Crippen LogP contribution in [0.4, 0.5) is 0 Å². The highest BCUT2D eigenvalue weighted by Gasteiger charge is 2.33. The van der Waals surface area contributed by atoms with E-state index in [2.05, 4.69) is 4.98 Å². The molecule has 1 aromatic rings. The molecule has 2 rings (SSSR count). The van der Waals surface area contributed by atoms with E-state index in [0.29, 0.717) is 13.1 Å². The van der Waals surface area contributed by atoms with Crippen LogP contribution < -0.4 is 0 Å². The molecule has 8 heteroatoms. The van der Waals surface area contributed by atoms with Crippen molar-refractivity contribution in [3.63, 3.8) is 0 Å². The van der Waals surface area contributed by atoms with E-state index < -0.39 is 5.97 Å². The van der Waals surface area contributed by atoms with Crippen LogP contribution in [0.3, 0.4) is 0 Å². The minimum atomic E-state index is -1.18. The summed E-state index contributed by atoms with van der Waals surface area (Å²) in [6.07, 6.45) is -0.185. The highest BCUT2D eigenvalue weighted by Crippen LogP contribution is 2.15. The van der Waals surface area contributed by atoms with Gasteiger partial charge in [-0.1, -0.05) is 6.07 Å². The van der Waals surface area contributed by atoms with Crippen LogP contribution in [-0.4, -0.2) is 77.6 Å². The normalized spacial score (nSPS) is 14.4. The molecule has 2 amide bonds. The van der Waals surface area contributed by atoms with Gasteiger partial charge in [0.1, 0.15) is 18.0 Å². The van der Waals surface area contributed by atoms with Crippen LogP contribution in [0.2, 0.25) is 0 Å². The Kier molecular flexibility index (Phi) is 4.71. The fourth-order valence-electron chi connectivity index (χ4n) is 1.86. The quantitative estimate of drug-likeness (QED) is 0.802. The summed E-state index contributed by atoms with van der Waals surface area (Å²) in [5, 5.41) is 8.87. The van der Waals surface area contributed by atoms with Gasteiger partial charge in [0.2, 0.25) is 5.91 Å². The van der Waals surface area contributed by atoms with E-state index in [1.165, 1.54) is 28.0 Å². The van der Waals surface area contributed by atoms with E-state index >= 15 is 0 Å². The number of hydrogen-bond donors (Lipinski definition) is 1. The van der Waals surface area contributed by atoms with Crippen LogP contribution in [0.15, 0.2) is 18.2 Å². The number of amides is 2. The summed E-state index contributed by atoms with van der Waals surface area (Å²) in [4.78, 5) is 41.1. The fourth-order valence-corrected chi connectivity index (χ4v) is 1.86. The summed E-state index contributed by atoms with van der Waals surface area (Å²) in [6.45, 7) is 0.698. The number of ether oxygens (including phenoxy) is 1. The highest BCUT2D eigenvalue weighted by atomic mass is 16.5. The summed E-state index contributed by atoms with van der Waals surface area (Å²) in [7, 11) is 3.28. The maximum absolute atomic E-state index is 12.1. The molecule has 1 fully saturated rings. The number of carbonyl (C=O) groups excluding carboxylic acids is 2. The van der Waals surface area contributed by atoms with Gasteiger partial charge in [-0.25, -0.2) is 9.78 Å². The standard InChI is InChI=1S/C14H17N3O5/c1-16(2)12(18)8-22-9-6-17(7-9)13(19)10-4-3-5-11(15-10)14(20)21/h3-5,9H,6-8H2,1-2H3,(H,20,21). The van der Waals surface area contributed by atoms with Crippen molar-refractivity contribution < 1.29 is 24.2 Å². The highest BCUT2D eigenvalue weighted by molar-refractivity contribution is 5.94. The molecule has 2 heterocycles. The molecule has 22 heavy (non-hydrogen) atoms. The molecule has 0 atom stereocenters. The summed E-state index contributed by atoms with van der Waals surface area (Å²) >= 11 is 0. The average Bonchev–Trinajstić information content (AvgIpc) is 2.45. The number of nitrogens with zero attached hydrogens (tertiary/aromatic N) is 3. The fraction of sp³-hybridized carbons (Fsp3) is 0.429. The maximum Gasteiger partial charge on any atom is 0.354 e. The zero-order chi connectivity index (χ0) is 16.3. The second kappa shape index (κ2) is 6.52. The summed E-state index contributed by atoms with van der Waals surface area (Å²) in [5.74, 6) is -1.66. The summed E-state index contributed by atoms with van der Waals surface area (Å²) in [6, 6.07) is 4.28. The lowest BCUT2D eigenvalue weighted by Crippen LogP contribution is -2.55. The molecule has 0 radical (unpaired) electrons. The molecule has 0 aliphatic carbocycles. The molecular formula is C14H17N3O5. The van der Waals surface area contributed by atoms with Gasteiger partial charge in [-0.2, -0.15) is 0 Å². The third kappa shape index (κ3) is 3.59. The van der Waals surface area contributed by atoms with Crippen molar-refractivity contribution in [2.45, 2.75) is 6.10 Å². The van der Waals surface area contributed by atoms with Crippen molar-refractivity contribution in [3.05, 3.63) is 29.6 Å². The predicted molar refractivity (Wildman–Crippen MR) is 75.5 cm³/mol. The SMILES string of the molecule is CN(C)C(=O)COC1CN(C(=O)c2cccc(C(=O)O)n2)C1. The molecule has 118 valence electrons. The lowest BCUT2D eigenvalue weighted by atomic mass is 10.1. The topological polar surface area (TPSA) is 100 Å². The van der Waals surface area contributed by atoms with Crippen molar-refractivity contribution in [2.75, 3.05) is 33.8 Å². The zero-order valence-corrected chi connectivity index (χ0v) is 12.4. The van der Waals surface area contributed by atoms with Crippen molar-refractivity contribution in [2.24, 2.45) is 0 Å². The van der Waals surface area contributed by atoms with Gasteiger partial charge < -0.3 is 19.6 Å². The number of aromatic carboxylic acids is 1. The first-order valence-corrected chi connectivity index (χ1v) is 6.70. The second-order valence-corrected chi connectivity index (χ2v) is 5.14. The number of hydrogen-bond acceptors (Lipinski definition) is 5. The number of pyridine rings is 1. The lowest BCUT2D eigenvalue weighted by Gasteiger charge is -2.38. The summed E-state index contributed by atoms with van der Waals surface area (Å²) < 4.78 is 5.38. The lowest BCUT2D eigenvalue weighted by molar-refractivity contribution is -0.138. The van der Waals surface area contributed by atoms with Gasteiger partial charge >= 0.3 is 5.97 Å². The average molecular weight is 307 g/mol. The minimum Gasteiger partial charge on any atom is -0.477 e. The molecule has 0 spiro atoms. The number of likely N-dealkylation sites (tertiary alicyclic amines) is 1. The predicted octanol–water partition coefficient (Wildman–Crippen LogP) is -0.291. The second-order valence-electron chi connectivity index (χ2n) is 5.14. The van der Waals surface area contributed by atoms with Gasteiger partial charge in [0, 0.05) is 27.2 Å². The number of carbonyl (C=O) groups is 3. The van der Waals surface area contributed by atoms with Crippen LogP contribution in [0.5, 0.6) is 0 Å². The van der Waals surface area contributed by atoms with Gasteiger partial charge in [-0.05, 0) is 12.1 Å². The van der Waals surface area contributed by atoms with Gasteiger partial charge in [-0.15, -0.1) is 0 Å². The Morgan fingerprint density at radius 2 is 1.95 bits per heavy atom. The van der Waals surface area contributed by atoms with Crippen molar-refractivity contribution in [3.8, 4) is 0 Å². The van der Waals surface area contributed by atoms with E-state index in [-0.39, 0.29) is 35.9 Å². The molecule has 1 aliphatic heterocycles. The molecule has 0 unspecified atom stereocenters. The zero-order valence-electron chi connectivity index (χ0n) is 12.4. The Bertz CT molecular complexity index is 596. The molecule has 0 aromatic carbocycles. The molecule has 1 N–H and O–H groups in total. The Morgan fingerprint density at radius 1 is 1.32 bits per heavy atom. The van der Waals surface area contributed by atoms with Crippen LogP contribution in [0.25, 0.3) is 0 Å². The van der Waals surface area contributed by atoms with E-state index in [4.69, 9.17) is 9.84 Å². The van der Waals surface area contributed by atoms with E-state index in [0.717, 1.165) is 0 Å². The Labute approximate surface area is 127 Å². The molecule has 0 saturated carbocycles. The van der Waals surface area contributed by atoms with Crippen LogP contribution >= 0.6 is 0 Å². The molecule has 8 nitrogen and oxygen atoms in total. The molecule has 0 bridgehead atoms. The van der Waals surface area contributed by atoms with Gasteiger partial charge in [0.25, 0.3) is 5.91 Å². The van der Waals surface area contributed by atoms with Gasteiger partial charge in [-0.3, -0.25) is 9.59 Å². The minimum absolute atomic E-state index is 0.0214. The molecular weight excluding hydrogens is 290 g/mol. The number of carboxylic acid groups (broad SMARTS) is 1. The first kappa shape index (κ1) is 15.9. The number of likely N-dealkylation sites (N-methyl/N-ethyl adjacent to an activating group) is 1. The number of rotatable bonds is 5. The Balaban J connectivity index is 1.85. The first-order valence-electron chi connectivity index (χ1n) is 6.70. The largest absolute Gasteiger partial charge is 0.477 e. The maximum atomic E-state index is 12.1. The van der Waals surface area contributed by atoms with Crippen LogP contribution in [0.1, 0.15) is 21.0 Å². The van der Waals surface area contributed by atoms with Crippen molar-refractivity contribution in [1.82, 2.24) is 14.8 Å². The Hall–Kier alpha value is -2.48. The van der Waals surface area contributed by atoms with E-state index in [1.54, 1.807) is 14.1 Å². The van der Waals surface area contributed by atoms with Crippen LogP contribution in [0, 0.1) is 0 Å². The number of carboxylic acids is 1. The third-order valence-corrected chi connectivity index (χ3v) is 3.26. The smallest absolute Gasteiger partial charge is 0.354 e. The molecule has 1 aromatic heterocycles. The van der Waals surface area contributed by atoms with Gasteiger partial charge in [0.05, 0.1) is 6.10 Å².